The molecule has 1 aromatic heterocycles. The van der Waals surface area contributed by atoms with Crippen LogP contribution in [-0.4, -0.2) is 36.0 Å². The molecule has 0 aliphatic carbocycles. The molecule has 21 heavy (non-hydrogen) atoms. The first kappa shape index (κ1) is 16.4. The van der Waals surface area contributed by atoms with Crippen molar-refractivity contribution in [3.63, 3.8) is 0 Å². The van der Waals surface area contributed by atoms with Gasteiger partial charge < -0.3 is 9.84 Å². The van der Waals surface area contributed by atoms with Crippen molar-refractivity contribution >= 4 is 47.5 Å². The molecule has 1 unspecified atom stereocenters. The van der Waals surface area contributed by atoms with Gasteiger partial charge in [-0.15, -0.1) is 0 Å². The predicted octanol–water partition coefficient (Wildman–Crippen LogP) is 4.05. The lowest BCUT2D eigenvalue weighted by Gasteiger charge is -2.18. The lowest BCUT2D eigenvalue weighted by Crippen LogP contribution is -2.21. The van der Waals surface area contributed by atoms with Gasteiger partial charge in [-0.1, -0.05) is 25.7 Å². The van der Waals surface area contributed by atoms with Gasteiger partial charge in [0.25, 0.3) is 0 Å². The van der Waals surface area contributed by atoms with Crippen LogP contribution < -0.4 is 0 Å². The van der Waals surface area contributed by atoms with Gasteiger partial charge in [-0.3, -0.25) is 5.10 Å². The van der Waals surface area contributed by atoms with E-state index in [4.69, 9.17) is 9.84 Å². The number of hydrogen-bond donors (Lipinski definition) is 2. The zero-order valence-corrected chi connectivity index (χ0v) is 15.5. The molecule has 2 rings (SSSR count). The van der Waals surface area contributed by atoms with Gasteiger partial charge in [0.2, 0.25) is 0 Å². The van der Waals surface area contributed by atoms with Crippen LogP contribution in [0.1, 0.15) is 20.2 Å². The molecule has 2 aromatic rings. The maximum atomic E-state index is 11.1. The van der Waals surface area contributed by atoms with Crippen LogP contribution >= 0.6 is 22.6 Å². The summed E-state index contributed by atoms with van der Waals surface area (Å²) in [7, 11) is -1.10. The van der Waals surface area contributed by atoms with E-state index in [9.17, 15) is 4.79 Å². The standard InChI is InChI=1S/C14H19IN2O3Si/c1-21(2,3)7-6-20-13(15)9-4-5-11-10(8-9)12(14(18)19)17-16-11/h4-5,8,13H,6-7H2,1-3H3,(H,16,17)(H,18,19). The summed E-state index contributed by atoms with van der Waals surface area (Å²) in [5.74, 6) is -1.02. The highest BCUT2D eigenvalue weighted by molar-refractivity contribution is 14.1. The number of halogens is 1. The highest BCUT2D eigenvalue weighted by Crippen LogP contribution is 2.29. The zero-order chi connectivity index (χ0) is 15.6. The van der Waals surface area contributed by atoms with E-state index in [1.54, 1.807) is 0 Å². The van der Waals surface area contributed by atoms with Crippen molar-refractivity contribution in [1.82, 2.24) is 10.2 Å². The molecule has 5 nitrogen and oxygen atoms in total. The molecule has 0 aliphatic heterocycles. The topological polar surface area (TPSA) is 75.2 Å². The van der Waals surface area contributed by atoms with E-state index in [0.717, 1.165) is 23.7 Å². The number of rotatable bonds is 6. The second-order valence-electron chi connectivity index (χ2n) is 6.18. The van der Waals surface area contributed by atoms with Crippen molar-refractivity contribution in [3.8, 4) is 0 Å². The number of hydrogen-bond acceptors (Lipinski definition) is 3. The molecule has 1 aromatic carbocycles. The summed E-state index contributed by atoms with van der Waals surface area (Å²) in [6, 6.07) is 6.74. The number of carboxylic acid groups (broad SMARTS) is 1. The second kappa shape index (κ2) is 6.45. The number of benzene rings is 1. The molecule has 0 fully saturated rings. The predicted molar refractivity (Wildman–Crippen MR) is 93.9 cm³/mol. The first-order valence-electron chi connectivity index (χ1n) is 6.75. The maximum absolute atomic E-state index is 11.1. The number of aromatic amines is 1. The Morgan fingerprint density at radius 2 is 2.19 bits per heavy atom. The third-order valence-electron chi connectivity index (χ3n) is 3.17. The lowest BCUT2D eigenvalue weighted by molar-refractivity contribution is 0.0692. The van der Waals surface area contributed by atoms with Crippen molar-refractivity contribution in [3.05, 3.63) is 29.5 Å². The molecule has 0 bridgehead atoms. The molecule has 0 radical (unpaired) electrons. The average Bonchev–Trinajstić information content (AvgIpc) is 2.79. The number of fused-ring (bicyclic) bond motifs is 1. The van der Waals surface area contributed by atoms with Crippen LogP contribution in [0.15, 0.2) is 18.2 Å². The summed E-state index contributed by atoms with van der Waals surface area (Å²) in [4.78, 5) is 11.1. The minimum absolute atomic E-state index is 0.0533. The van der Waals surface area contributed by atoms with Crippen LogP contribution in [-0.2, 0) is 4.74 Å². The van der Waals surface area contributed by atoms with Gasteiger partial charge in [0.15, 0.2) is 5.69 Å². The average molecular weight is 418 g/mol. The first-order valence-corrected chi connectivity index (χ1v) is 11.7. The van der Waals surface area contributed by atoms with Gasteiger partial charge >= 0.3 is 5.97 Å². The SMILES string of the molecule is C[Si](C)(C)CCOC(I)c1ccc2[nH]nc(C(=O)O)c2c1. The highest BCUT2D eigenvalue weighted by Gasteiger charge is 2.17. The second-order valence-corrected chi connectivity index (χ2v) is 12.9. The van der Waals surface area contributed by atoms with Gasteiger partial charge in [0.05, 0.1) is 5.52 Å². The molecule has 1 atom stereocenters. The largest absolute Gasteiger partial charge is 0.476 e. The fourth-order valence-electron chi connectivity index (χ4n) is 1.90. The molecular formula is C14H19IN2O3Si. The Morgan fingerprint density at radius 3 is 2.81 bits per heavy atom. The molecule has 0 aliphatic rings. The Balaban J connectivity index is 2.14. The van der Waals surface area contributed by atoms with E-state index >= 15 is 0 Å². The molecule has 114 valence electrons. The number of H-pyrrole nitrogens is 1. The van der Waals surface area contributed by atoms with Gasteiger partial charge in [0.1, 0.15) is 4.11 Å². The van der Waals surface area contributed by atoms with Crippen LogP contribution in [0.3, 0.4) is 0 Å². The molecule has 0 amide bonds. The van der Waals surface area contributed by atoms with E-state index in [2.05, 4.69) is 52.4 Å². The minimum Gasteiger partial charge on any atom is -0.476 e. The Hall–Kier alpha value is -0.933. The quantitative estimate of drug-likeness (QED) is 0.422. The van der Waals surface area contributed by atoms with Crippen LogP contribution in [0, 0.1) is 0 Å². The van der Waals surface area contributed by atoms with Crippen molar-refractivity contribution in [2.24, 2.45) is 0 Å². The van der Waals surface area contributed by atoms with Gasteiger partial charge in [-0.25, -0.2) is 4.79 Å². The number of aromatic nitrogens is 2. The van der Waals surface area contributed by atoms with Crippen LogP contribution in [0.4, 0.5) is 0 Å². The molecule has 0 spiro atoms. The number of aromatic carboxylic acids is 1. The number of alkyl halides is 1. The fourth-order valence-corrected chi connectivity index (χ4v) is 3.27. The molecule has 2 N–H and O–H groups in total. The smallest absolute Gasteiger partial charge is 0.357 e. The zero-order valence-electron chi connectivity index (χ0n) is 12.3. The van der Waals surface area contributed by atoms with Gasteiger partial charge in [-0.2, -0.15) is 5.10 Å². The number of nitrogens with one attached hydrogen (secondary N) is 1. The highest BCUT2D eigenvalue weighted by atomic mass is 127. The Labute approximate surface area is 138 Å². The number of carboxylic acids is 1. The third-order valence-corrected chi connectivity index (χ3v) is 5.95. The third kappa shape index (κ3) is 4.27. The summed E-state index contributed by atoms with van der Waals surface area (Å²) in [5, 5.41) is 16.3. The first-order chi connectivity index (χ1) is 9.78. The monoisotopic (exact) mass is 418 g/mol. The molecule has 0 saturated carbocycles. The van der Waals surface area contributed by atoms with Gasteiger partial charge in [-0.05, 0) is 46.3 Å². The Bertz CT molecular complexity index is 651. The van der Waals surface area contributed by atoms with E-state index in [1.165, 1.54) is 0 Å². The van der Waals surface area contributed by atoms with E-state index < -0.39 is 14.0 Å². The number of nitrogens with zero attached hydrogens (tertiary/aromatic N) is 1. The lowest BCUT2D eigenvalue weighted by atomic mass is 10.1. The van der Waals surface area contributed by atoms with E-state index in [1.807, 2.05) is 18.2 Å². The summed E-state index contributed by atoms with van der Waals surface area (Å²) in [5.41, 5.74) is 1.74. The van der Waals surface area contributed by atoms with Crippen molar-refractivity contribution in [1.29, 1.82) is 0 Å². The minimum atomic E-state index is -1.10. The maximum Gasteiger partial charge on any atom is 0.357 e. The van der Waals surface area contributed by atoms with Crippen LogP contribution in [0.2, 0.25) is 25.7 Å². The van der Waals surface area contributed by atoms with Crippen LogP contribution in [0.5, 0.6) is 0 Å². The van der Waals surface area contributed by atoms with Crippen molar-refractivity contribution < 1.29 is 14.6 Å². The van der Waals surface area contributed by atoms with Crippen LogP contribution in [0.25, 0.3) is 10.9 Å². The summed E-state index contributed by atoms with van der Waals surface area (Å²) in [6.45, 7) is 7.68. The van der Waals surface area contributed by atoms with E-state index in [0.29, 0.717) is 5.39 Å². The number of carbonyl (C=O) groups is 1. The summed E-state index contributed by atoms with van der Waals surface area (Å²) < 4.78 is 5.79. The van der Waals surface area contributed by atoms with Crippen molar-refractivity contribution in [2.45, 2.75) is 29.8 Å². The normalized spacial score (nSPS) is 13.5. The van der Waals surface area contributed by atoms with Crippen molar-refractivity contribution in [2.75, 3.05) is 6.61 Å². The summed E-state index contributed by atoms with van der Waals surface area (Å²) in [6.07, 6.45) is 0. The molecular weight excluding hydrogens is 399 g/mol. The molecule has 7 heteroatoms. The fraction of sp³-hybridized carbons (Fsp3) is 0.429. The molecule has 0 saturated heterocycles. The van der Waals surface area contributed by atoms with E-state index in [-0.39, 0.29) is 9.80 Å². The molecule has 1 heterocycles. The Kier molecular flexibility index (Phi) is 5.05. The van der Waals surface area contributed by atoms with Gasteiger partial charge in [0, 0.05) is 20.1 Å². The Morgan fingerprint density at radius 1 is 1.48 bits per heavy atom. The number of ether oxygens (including phenoxy) is 1. The summed E-state index contributed by atoms with van der Waals surface area (Å²) >= 11 is 2.23.